The second-order valence-electron chi connectivity index (χ2n) is 3.17. The number of ketones is 1. The molecule has 0 aromatic rings. The van der Waals surface area contributed by atoms with Gasteiger partial charge in [0.15, 0.2) is 0 Å². The van der Waals surface area contributed by atoms with Crippen molar-refractivity contribution in [1.29, 1.82) is 0 Å². The first kappa shape index (κ1) is 8.68. The zero-order valence-electron chi connectivity index (χ0n) is 6.49. The minimum Gasteiger partial charge on any atom is -0.396 e. The highest BCUT2D eigenvalue weighted by Gasteiger charge is 2.27. The van der Waals surface area contributed by atoms with Crippen LogP contribution in [0.3, 0.4) is 0 Å². The molecule has 0 saturated heterocycles. The molecule has 0 unspecified atom stereocenters. The molecule has 2 atom stereocenters. The summed E-state index contributed by atoms with van der Waals surface area (Å²) in [5.74, 6) is 0.354. The predicted octanol–water partition coefficient (Wildman–Crippen LogP) is -0.0436. The van der Waals surface area contributed by atoms with Crippen molar-refractivity contribution < 1.29 is 15.0 Å². The molecule has 0 amide bonds. The van der Waals surface area contributed by atoms with E-state index in [9.17, 15) is 4.79 Å². The molecule has 0 aliphatic heterocycles. The summed E-state index contributed by atoms with van der Waals surface area (Å²) in [6.07, 6.45) is 1.75. The Hall–Kier alpha value is -0.410. The molecule has 0 bridgehead atoms. The van der Waals surface area contributed by atoms with Crippen LogP contribution < -0.4 is 0 Å². The molecule has 0 aromatic carbocycles. The molecule has 2 N–H and O–H groups in total. The Morgan fingerprint density at radius 3 is 2.45 bits per heavy atom. The van der Waals surface area contributed by atoms with Crippen LogP contribution in [0.1, 0.15) is 19.3 Å². The quantitative estimate of drug-likeness (QED) is 0.592. The van der Waals surface area contributed by atoms with Gasteiger partial charge in [-0.05, 0) is 18.3 Å². The first-order valence-corrected chi connectivity index (χ1v) is 4.01. The third-order valence-corrected chi connectivity index (χ3v) is 2.42. The molecule has 1 saturated carbocycles. The lowest BCUT2D eigenvalue weighted by atomic mass is 9.79. The highest BCUT2D eigenvalue weighted by Crippen LogP contribution is 2.26. The zero-order valence-corrected chi connectivity index (χ0v) is 6.49. The standard InChI is InChI=1S/C8H14O3/c9-4-6-1-2-8(11)3-7(6)5-10/h6-7,9-10H,1-5H2/t6-,7+/m0/s1. The van der Waals surface area contributed by atoms with E-state index in [1.807, 2.05) is 0 Å². The summed E-state index contributed by atoms with van der Waals surface area (Å²) in [7, 11) is 0. The van der Waals surface area contributed by atoms with Crippen molar-refractivity contribution in [1.82, 2.24) is 0 Å². The van der Waals surface area contributed by atoms with Crippen LogP contribution in [-0.2, 0) is 4.79 Å². The third-order valence-electron chi connectivity index (χ3n) is 2.42. The van der Waals surface area contributed by atoms with E-state index in [2.05, 4.69) is 0 Å². The van der Waals surface area contributed by atoms with Gasteiger partial charge in [-0.2, -0.15) is 0 Å². The Labute approximate surface area is 66.0 Å². The van der Waals surface area contributed by atoms with Crippen LogP contribution in [-0.4, -0.2) is 29.2 Å². The molecule has 11 heavy (non-hydrogen) atoms. The van der Waals surface area contributed by atoms with E-state index in [1.54, 1.807) is 0 Å². The van der Waals surface area contributed by atoms with Gasteiger partial charge < -0.3 is 10.2 Å². The number of hydrogen-bond acceptors (Lipinski definition) is 3. The highest BCUT2D eigenvalue weighted by atomic mass is 16.3. The third kappa shape index (κ3) is 2.01. The van der Waals surface area contributed by atoms with E-state index in [-0.39, 0.29) is 30.8 Å². The largest absolute Gasteiger partial charge is 0.396 e. The van der Waals surface area contributed by atoms with Gasteiger partial charge in [-0.15, -0.1) is 0 Å². The van der Waals surface area contributed by atoms with Crippen LogP contribution >= 0.6 is 0 Å². The van der Waals surface area contributed by atoms with Gasteiger partial charge in [0.05, 0.1) is 0 Å². The summed E-state index contributed by atoms with van der Waals surface area (Å²) in [6.45, 7) is 0.121. The molecule has 3 heteroatoms. The fourth-order valence-electron chi connectivity index (χ4n) is 1.60. The smallest absolute Gasteiger partial charge is 0.133 e. The van der Waals surface area contributed by atoms with Crippen molar-refractivity contribution in [3.05, 3.63) is 0 Å². The molecule has 0 spiro atoms. The Kier molecular flexibility index (Phi) is 3.02. The summed E-state index contributed by atoms with van der Waals surface area (Å²) >= 11 is 0. The van der Waals surface area contributed by atoms with Gasteiger partial charge in [0.2, 0.25) is 0 Å². The summed E-state index contributed by atoms with van der Waals surface area (Å²) < 4.78 is 0. The van der Waals surface area contributed by atoms with Crippen molar-refractivity contribution >= 4 is 5.78 Å². The van der Waals surface area contributed by atoms with Crippen molar-refractivity contribution in [3.8, 4) is 0 Å². The SMILES string of the molecule is O=C1CC[C@@H](CO)[C@@H](CO)C1. The van der Waals surface area contributed by atoms with Crippen LogP contribution in [0.5, 0.6) is 0 Å². The van der Waals surface area contributed by atoms with Crippen molar-refractivity contribution in [2.45, 2.75) is 19.3 Å². The van der Waals surface area contributed by atoms with Crippen LogP contribution in [0, 0.1) is 11.8 Å². The van der Waals surface area contributed by atoms with E-state index < -0.39 is 0 Å². The molecule has 3 nitrogen and oxygen atoms in total. The lowest BCUT2D eigenvalue weighted by Gasteiger charge is -2.27. The molecule has 1 aliphatic carbocycles. The molecule has 1 rings (SSSR count). The van der Waals surface area contributed by atoms with E-state index >= 15 is 0 Å². The Bertz CT molecular complexity index is 144. The second-order valence-corrected chi connectivity index (χ2v) is 3.17. The first-order valence-electron chi connectivity index (χ1n) is 4.01. The van der Waals surface area contributed by atoms with E-state index in [0.717, 1.165) is 6.42 Å². The maximum Gasteiger partial charge on any atom is 0.133 e. The van der Waals surface area contributed by atoms with Gasteiger partial charge >= 0.3 is 0 Å². The summed E-state index contributed by atoms with van der Waals surface area (Å²) in [6, 6.07) is 0. The van der Waals surface area contributed by atoms with Gasteiger partial charge in [-0.25, -0.2) is 0 Å². The molecular weight excluding hydrogens is 144 g/mol. The number of carbonyl (C=O) groups is 1. The average Bonchev–Trinajstić information content (AvgIpc) is 2.04. The maximum atomic E-state index is 10.9. The van der Waals surface area contributed by atoms with Crippen LogP contribution in [0.15, 0.2) is 0 Å². The number of rotatable bonds is 2. The van der Waals surface area contributed by atoms with Crippen LogP contribution in [0.25, 0.3) is 0 Å². The van der Waals surface area contributed by atoms with Gasteiger partial charge in [-0.3, -0.25) is 4.79 Å². The van der Waals surface area contributed by atoms with E-state index in [1.165, 1.54) is 0 Å². The zero-order chi connectivity index (χ0) is 8.27. The highest BCUT2D eigenvalue weighted by molar-refractivity contribution is 5.79. The Morgan fingerprint density at radius 1 is 1.27 bits per heavy atom. The molecule has 1 fully saturated rings. The molecule has 1 aliphatic rings. The normalized spacial score (nSPS) is 32.4. The topological polar surface area (TPSA) is 57.5 Å². The van der Waals surface area contributed by atoms with Gasteiger partial charge in [-0.1, -0.05) is 0 Å². The number of Topliss-reactive ketones (excluding diaryl/α,β-unsaturated/α-hetero) is 1. The molecule has 0 heterocycles. The number of hydrogen-bond donors (Lipinski definition) is 2. The number of aliphatic hydroxyl groups is 2. The van der Waals surface area contributed by atoms with Crippen LogP contribution in [0.4, 0.5) is 0 Å². The van der Waals surface area contributed by atoms with Gasteiger partial charge in [0.1, 0.15) is 5.78 Å². The minimum absolute atomic E-state index is 0.00116. The average molecular weight is 158 g/mol. The fourth-order valence-corrected chi connectivity index (χ4v) is 1.60. The lowest BCUT2D eigenvalue weighted by molar-refractivity contribution is -0.123. The van der Waals surface area contributed by atoms with Crippen molar-refractivity contribution in [2.75, 3.05) is 13.2 Å². The minimum atomic E-state index is 0.00116. The van der Waals surface area contributed by atoms with E-state index in [4.69, 9.17) is 10.2 Å². The Morgan fingerprint density at radius 2 is 1.91 bits per heavy atom. The van der Waals surface area contributed by atoms with Crippen molar-refractivity contribution in [3.63, 3.8) is 0 Å². The summed E-state index contributed by atoms with van der Waals surface area (Å²) in [5, 5.41) is 17.7. The molecule has 0 radical (unpaired) electrons. The van der Waals surface area contributed by atoms with Crippen molar-refractivity contribution in [2.24, 2.45) is 11.8 Å². The first-order chi connectivity index (χ1) is 5.27. The summed E-state index contributed by atoms with van der Waals surface area (Å²) in [4.78, 5) is 10.9. The number of carbonyl (C=O) groups excluding carboxylic acids is 1. The van der Waals surface area contributed by atoms with Crippen LogP contribution in [0.2, 0.25) is 0 Å². The Balaban J connectivity index is 2.48. The summed E-state index contributed by atoms with van der Waals surface area (Å²) in [5.41, 5.74) is 0. The molecule has 64 valence electrons. The van der Waals surface area contributed by atoms with E-state index in [0.29, 0.717) is 12.8 Å². The predicted molar refractivity (Wildman–Crippen MR) is 40.0 cm³/mol. The van der Waals surface area contributed by atoms with Gasteiger partial charge in [0, 0.05) is 26.1 Å². The lowest BCUT2D eigenvalue weighted by Crippen LogP contribution is -2.29. The van der Waals surface area contributed by atoms with Gasteiger partial charge in [0.25, 0.3) is 0 Å². The molecule has 0 aromatic heterocycles. The number of aliphatic hydroxyl groups excluding tert-OH is 2. The molecular formula is C8H14O3. The monoisotopic (exact) mass is 158 g/mol. The maximum absolute atomic E-state index is 10.9. The fraction of sp³-hybridized carbons (Fsp3) is 0.875. The second kappa shape index (κ2) is 3.83.